The molecular weight excluding hydrogens is 361 g/mol. The number of carbonyl (C=O) groups excluding carboxylic acids is 2. The van der Waals surface area contributed by atoms with Gasteiger partial charge in [0.25, 0.3) is 0 Å². The number of aliphatic hydroxyl groups excluding tert-OH is 1. The van der Waals surface area contributed by atoms with Crippen molar-refractivity contribution < 1.29 is 19.1 Å². The minimum atomic E-state index is -0.604. The molecule has 154 valence electrons. The van der Waals surface area contributed by atoms with Crippen molar-refractivity contribution in [3.05, 3.63) is 23.5 Å². The lowest BCUT2D eigenvalue weighted by molar-refractivity contribution is -0.114. The van der Waals surface area contributed by atoms with Gasteiger partial charge in [-0.2, -0.15) is 0 Å². The summed E-state index contributed by atoms with van der Waals surface area (Å²) < 4.78 is 13.9. The number of urea groups is 1. The minimum Gasteiger partial charge on any atom is -0.392 e. The maximum absolute atomic E-state index is 13.9. The first-order chi connectivity index (χ1) is 13.4. The van der Waals surface area contributed by atoms with Crippen molar-refractivity contribution in [3.8, 4) is 0 Å². The van der Waals surface area contributed by atoms with Crippen LogP contribution in [0.2, 0.25) is 0 Å². The normalized spacial score (nSPS) is 19.2. The summed E-state index contributed by atoms with van der Waals surface area (Å²) in [5, 5.41) is 17.7. The van der Waals surface area contributed by atoms with E-state index >= 15 is 0 Å². The van der Waals surface area contributed by atoms with Crippen LogP contribution in [0.25, 0.3) is 0 Å². The third-order valence-electron chi connectivity index (χ3n) is 6.23. The van der Waals surface area contributed by atoms with Crippen LogP contribution in [0.1, 0.15) is 70.3 Å². The zero-order valence-corrected chi connectivity index (χ0v) is 16.4. The van der Waals surface area contributed by atoms with E-state index in [2.05, 4.69) is 16.0 Å². The number of hydrogen-bond donors (Lipinski definition) is 4. The summed E-state index contributed by atoms with van der Waals surface area (Å²) in [5.41, 5.74) is 1.06. The van der Waals surface area contributed by atoms with Gasteiger partial charge in [-0.05, 0) is 56.1 Å². The van der Waals surface area contributed by atoms with Gasteiger partial charge in [0, 0.05) is 18.5 Å². The predicted molar refractivity (Wildman–Crippen MR) is 107 cm³/mol. The third-order valence-corrected chi connectivity index (χ3v) is 6.23. The molecule has 3 amide bonds. The van der Waals surface area contributed by atoms with Gasteiger partial charge in [0.15, 0.2) is 0 Å². The van der Waals surface area contributed by atoms with Crippen molar-refractivity contribution in [2.45, 2.75) is 77.4 Å². The first kappa shape index (κ1) is 20.6. The number of rotatable bonds is 4. The maximum Gasteiger partial charge on any atom is 0.319 e. The van der Waals surface area contributed by atoms with Gasteiger partial charge < -0.3 is 21.1 Å². The summed E-state index contributed by atoms with van der Waals surface area (Å²) in [6.07, 6.45) is 10.8. The SMILES string of the molecule is CC(=O)Nc1cc(F)cc(NC(=O)NC2CCC3(CCCCC3)CC2)c1CO. The maximum atomic E-state index is 13.9. The molecule has 0 aliphatic heterocycles. The molecule has 2 aliphatic rings. The molecule has 0 heterocycles. The summed E-state index contributed by atoms with van der Waals surface area (Å²) in [6.45, 7) is 0.867. The molecule has 7 heteroatoms. The molecule has 0 bridgehead atoms. The molecular formula is C21H30FN3O3. The van der Waals surface area contributed by atoms with Gasteiger partial charge in [-0.25, -0.2) is 9.18 Å². The first-order valence-electron chi connectivity index (χ1n) is 10.2. The van der Waals surface area contributed by atoms with Crippen LogP contribution in [0, 0.1) is 11.2 Å². The Morgan fingerprint density at radius 1 is 1.07 bits per heavy atom. The molecule has 0 radical (unpaired) electrons. The smallest absolute Gasteiger partial charge is 0.319 e. The predicted octanol–water partition coefficient (Wildman–Crippen LogP) is 4.29. The van der Waals surface area contributed by atoms with E-state index in [1.807, 2.05) is 0 Å². The molecule has 2 aliphatic carbocycles. The zero-order valence-electron chi connectivity index (χ0n) is 16.4. The van der Waals surface area contributed by atoms with Crippen LogP contribution in [0.15, 0.2) is 12.1 Å². The lowest BCUT2D eigenvalue weighted by Gasteiger charge is -2.43. The van der Waals surface area contributed by atoms with E-state index < -0.39 is 18.5 Å². The van der Waals surface area contributed by atoms with Crippen LogP contribution in [0.4, 0.5) is 20.6 Å². The second-order valence-corrected chi connectivity index (χ2v) is 8.25. The second kappa shape index (κ2) is 8.90. The molecule has 6 nitrogen and oxygen atoms in total. The third kappa shape index (κ3) is 5.01. The van der Waals surface area contributed by atoms with Crippen LogP contribution in [-0.4, -0.2) is 23.1 Å². The summed E-state index contributed by atoms with van der Waals surface area (Å²) in [4.78, 5) is 23.7. The fourth-order valence-electron chi connectivity index (χ4n) is 4.74. The highest BCUT2D eigenvalue weighted by molar-refractivity contribution is 5.94. The summed E-state index contributed by atoms with van der Waals surface area (Å²) in [6, 6.07) is 1.96. The van der Waals surface area contributed by atoms with Gasteiger partial charge in [0.2, 0.25) is 5.91 Å². The number of halogens is 1. The fourth-order valence-corrected chi connectivity index (χ4v) is 4.74. The van der Waals surface area contributed by atoms with E-state index in [0.717, 1.165) is 37.8 Å². The number of nitrogens with one attached hydrogen (secondary N) is 3. The summed E-state index contributed by atoms with van der Waals surface area (Å²) in [7, 11) is 0. The van der Waals surface area contributed by atoms with Gasteiger partial charge in [-0.1, -0.05) is 19.3 Å². The quantitative estimate of drug-likeness (QED) is 0.617. The second-order valence-electron chi connectivity index (χ2n) is 8.25. The molecule has 4 N–H and O–H groups in total. The Balaban J connectivity index is 1.60. The molecule has 0 atom stereocenters. The topological polar surface area (TPSA) is 90.5 Å². The molecule has 1 aromatic rings. The van der Waals surface area contributed by atoms with Crippen molar-refractivity contribution >= 4 is 23.3 Å². The van der Waals surface area contributed by atoms with E-state index in [9.17, 15) is 19.1 Å². The van der Waals surface area contributed by atoms with Gasteiger partial charge >= 0.3 is 6.03 Å². The average Bonchev–Trinajstić information content (AvgIpc) is 2.64. The van der Waals surface area contributed by atoms with Crippen LogP contribution in [0.3, 0.4) is 0 Å². The number of benzene rings is 1. The number of aliphatic hydroxyl groups is 1. The van der Waals surface area contributed by atoms with Gasteiger partial charge in [0.1, 0.15) is 5.82 Å². The molecule has 28 heavy (non-hydrogen) atoms. The highest BCUT2D eigenvalue weighted by atomic mass is 19.1. The largest absolute Gasteiger partial charge is 0.392 e. The van der Waals surface area contributed by atoms with Gasteiger partial charge in [-0.15, -0.1) is 0 Å². The Hall–Kier alpha value is -2.15. The Morgan fingerprint density at radius 2 is 1.68 bits per heavy atom. The van der Waals surface area contributed by atoms with Crippen LogP contribution in [-0.2, 0) is 11.4 Å². The average molecular weight is 391 g/mol. The molecule has 2 fully saturated rings. The highest BCUT2D eigenvalue weighted by Crippen LogP contribution is 2.47. The Kier molecular flexibility index (Phi) is 6.54. The first-order valence-corrected chi connectivity index (χ1v) is 10.2. The Bertz CT molecular complexity index is 722. The number of carbonyl (C=O) groups is 2. The van der Waals surface area contributed by atoms with E-state index in [0.29, 0.717) is 5.41 Å². The number of amides is 3. The van der Waals surface area contributed by atoms with E-state index in [4.69, 9.17) is 0 Å². The van der Waals surface area contributed by atoms with E-state index in [1.165, 1.54) is 39.0 Å². The van der Waals surface area contributed by atoms with Crippen molar-refractivity contribution in [1.29, 1.82) is 0 Å². The fraction of sp³-hybridized carbons (Fsp3) is 0.619. The van der Waals surface area contributed by atoms with Gasteiger partial charge in [-0.3, -0.25) is 4.79 Å². The van der Waals surface area contributed by atoms with Crippen LogP contribution in [0.5, 0.6) is 0 Å². The molecule has 3 rings (SSSR count). The molecule has 2 saturated carbocycles. The van der Waals surface area contributed by atoms with Crippen molar-refractivity contribution in [2.24, 2.45) is 5.41 Å². The van der Waals surface area contributed by atoms with Crippen LogP contribution >= 0.6 is 0 Å². The monoisotopic (exact) mass is 391 g/mol. The molecule has 0 saturated heterocycles. The Morgan fingerprint density at radius 3 is 2.25 bits per heavy atom. The molecule has 1 spiro atoms. The summed E-state index contributed by atoms with van der Waals surface area (Å²) >= 11 is 0. The minimum absolute atomic E-state index is 0.105. The molecule has 0 unspecified atom stereocenters. The van der Waals surface area contributed by atoms with Crippen molar-refractivity contribution in [1.82, 2.24) is 5.32 Å². The van der Waals surface area contributed by atoms with Crippen molar-refractivity contribution in [3.63, 3.8) is 0 Å². The van der Waals surface area contributed by atoms with Gasteiger partial charge in [0.05, 0.1) is 18.0 Å². The zero-order chi connectivity index (χ0) is 20.1. The van der Waals surface area contributed by atoms with E-state index in [1.54, 1.807) is 0 Å². The van der Waals surface area contributed by atoms with Crippen LogP contribution < -0.4 is 16.0 Å². The van der Waals surface area contributed by atoms with E-state index in [-0.39, 0.29) is 28.9 Å². The highest BCUT2D eigenvalue weighted by Gasteiger charge is 2.36. The standard InChI is InChI=1S/C21H30FN3O3/c1-14(27)23-18-11-15(22)12-19(17(18)13-26)25-20(28)24-16-5-9-21(10-6-16)7-3-2-4-8-21/h11-12,16,26H,2-10,13H2,1H3,(H,23,27)(H2,24,25,28). The lowest BCUT2D eigenvalue weighted by atomic mass is 9.64. The lowest BCUT2D eigenvalue weighted by Crippen LogP contribution is -2.43. The molecule has 1 aromatic carbocycles. The van der Waals surface area contributed by atoms with Crippen molar-refractivity contribution in [2.75, 3.05) is 10.6 Å². The number of hydrogen-bond acceptors (Lipinski definition) is 3. The Labute approximate surface area is 165 Å². The number of anilines is 2. The molecule has 0 aromatic heterocycles. The summed E-state index contributed by atoms with van der Waals surface area (Å²) in [5.74, 6) is -0.984.